The van der Waals surface area contributed by atoms with Crippen LogP contribution < -0.4 is 0 Å². The van der Waals surface area contributed by atoms with Gasteiger partial charge in [0.2, 0.25) is 0 Å². The topological polar surface area (TPSA) is 34.1 Å². The minimum absolute atomic E-state index is 0.00275. The molecule has 0 saturated carbocycles. The summed E-state index contributed by atoms with van der Waals surface area (Å²) in [7, 11) is 0. The molecular weight excluding hydrogens is 440 g/mol. The van der Waals surface area contributed by atoms with Crippen molar-refractivity contribution in [2.45, 2.75) is 74.7 Å². The van der Waals surface area contributed by atoms with Gasteiger partial charge in [0.1, 0.15) is 0 Å². The minimum atomic E-state index is -0.717. The van der Waals surface area contributed by atoms with Crippen molar-refractivity contribution in [1.82, 2.24) is 0 Å². The molecule has 0 aliphatic heterocycles. The van der Waals surface area contributed by atoms with Gasteiger partial charge in [-0.3, -0.25) is 9.59 Å². The van der Waals surface area contributed by atoms with Crippen LogP contribution in [0.3, 0.4) is 0 Å². The number of rotatable bonds is 2. The molecule has 0 N–H and O–H groups in total. The van der Waals surface area contributed by atoms with Crippen LogP contribution >= 0.6 is 0 Å². The number of hydrogen-bond acceptors (Lipinski definition) is 2. The second-order valence-corrected chi connectivity index (χ2v) is 12.4. The molecule has 186 valence electrons. The number of ketones is 2. The van der Waals surface area contributed by atoms with Crippen LogP contribution in [0.5, 0.6) is 0 Å². The van der Waals surface area contributed by atoms with Gasteiger partial charge in [-0.1, -0.05) is 73.5 Å². The summed E-state index contributed by atoms with van der Waals surface area (Å²) in [6.45, 7) is 21.3. The van der Waals surface area contributed by atoms with Crippen molar-refractivity contribution in [3.8, 4) is 11.1 Å². The zero-order valence-electron chi connectivity index (χ0n) is 23.1. The first kappa shape index (κ1) is 24.7. The van der Waals surface area contributed by atoms with E-state index in [9.17, 15) is 9.59 Å². The van der Waals surface area contributed by atoms with Gasteiger partial charge in [-0.15, -0.1) is 0 Å². The highest BCUT2D eigenvalue weighted by Gasteiger charge is 2.62. The Labute approximate surface area is 216 Å². The lowest BCUT2D eigenvalue weighted by Gasteiger charge is -2.60. The molecule has 0 unspecified atom stereocenters. The summed E-state index contributed by atoms with van der Waals surface area (Å²) in [5.41, 5.74) is 11.2. The molecule has 3 aliphatic carbocycles. The molecule has 0 radical (unpaired) electrons. The van der Waals surface area contributed by atoms with E-state index >= 15 is 0 Å². The first-order valence-electron chi connectivity index (χ1n) is 13.1. The third-order valence-corrected chi connectivity index (χ3v) is 9.89. The fourth-order valence-electron chi connectivity index (χ4n) is 8.17. The zero-order valence-corrected chi connectivity index (χ0v) is 23.1. The van der Waals surface area contributed by atoms with Crippen molar-refractivity contribution in [2.24, 2.45) is 16.2 Å². The van der Waals surface area contributed by atoms with Gasteiger partial charge in [0.15, 0.2) is 11.6 Å². The number of carbonyl (C=O) groups is 2. The highest BCUT2D eigenvalue weighted by atomic mass is 16.1. The van der Waals surface area contributed by atoms with E-state index in [1.807, 2.05) is 6.92 Å². The largest absolute Gasteiger partial charge is 0.294 e. The van der Waals surface area contributed by atoms with Crippen molar-refractivity contribution in [3.63, 3.8) is 0 Å². The summed E-state index contributed by atoms with van der Waals surface area (Å²) in [5.74, 6) is -0.115. The summed E-state index contributed by atoms with van der Waals surface area (Å²) in [6, 6.07) is 13.3. The molecule has 5 rings (SSSR count). The zero-order chi connectivity index (χ0) is 26.4. The average molecular weight is 479 g/mol. The molecule has 0 bridgehead atoms. The number of benzene rings is 2. The van der Waals surface area contributed by atoms with E-state index in [-0.39, 0.29) is 22.4 Å². The number of hydrogen-bond donors (Lipinski definition) is 0. The Morgan fingerprint density at radius 2 is 1.56 bits per heavy atom. The van der Waals surface area contributed by atoms with E-state index in [4.69, 9.17) is 0 Å². The fourth-order valence-corrected chi connectivity index (χ4v) is 8.17. The Hall–Kier alpha value is -3.00. The molecule has 2 nitrogen and oxygen atoms in total. The average Bonchev–Trinajstić information content (AvgIpc) is 2.76. The van der Waals surface area contributed by atoms with Crippen molar-refractivity contribution in [2.75, 3.05) is 0 Å². The molecule has 0 aromatic heterocycles. The minimum Gasteiger partial charge on any atom is -0.294 e. The molecule has 0 fully saturated rings. The maximum atomic E-state index is 14.1. The van der Waals surface area contributed by atoms with Crippen LogP contribution in [0.15, 0.2) is 65.3 Å². The van der Waals surface area contributed by atoms with Gasteiger partial charge in [0, 0.05) is 0 Å². The highest BCUT2D eigenvalue weighted by Crippen LogP contribution is 2.68. The molecule has 0 saturated heterocycles. The summed E-state index contributed by atoms with van der Waals surface area (Å²) in [5, 5.41) is 0. The van der Waals surface area contributed by atoms with Crippen molar-refractivity contribution >= 4 is 17.1 Å². The number of fused-ring (bicyclic) bond motifs is 3. The third-order valence-electron chi connectivity index (χ3n) is 9.89. The molecular formula is C34H38O2. The number of aryl methyl sites for hydroxylation is 2. The quantitative estimate of drug-likeness (QED) is 0.408. The third kappa shape index (κ3) is 3.09. The Balaban J connectivity index is 1.76. The molecule has 3 aliphatic rings. The lowest BCUT2D eigenvalue weighted by molar-refractivity contribution is -0.134. The molecule has 0 amide bonds. The van der Waals surface area contributed by atoms with Gasteiger partial charge in [-0.25, -0.2) is 0 Å². The van der Waals surface area contributed by atoms with Gasteiger partial charge >= 0.3 is 0 Å². The monoisotopic (exact) mass is 478 g/mol. The number of carbonyl (C=O) groups excluding carboxylic acids is 2. The van der Waals surface area contributed by atoms with E-state index in [1.54, 1.807) is 0 Å². The SMILES string of the molecule is C=C1C2=C(C)[C@@]3(C)C(=O)C(C(C)=O)=C(C)C[C@@]3(C)C[C@@]2(C)Cc2c(-c3ccc(C)cc3)ccc(C)c21. The van der Waals surface area contributed by atoms with Crippen LogP contribution in [0.1, 0.15) is 76.6 Å². The van der Waals surface area contributed by atoms with Crippen molar-refractivity contribution in [1.29, 1.82) is 0 Å². The lowest BCUT2D eigenvalue weighted by Crippen LogP contribution is -2.56. The maximum Gasteiger partial charge on any atom is 0.176 e. The Morgan fingerprint density at radius 1 is 0.917 bits per heavy atom. The summed E-state index contributed by atoms with van der Waals surface area (Å²) in [6.07, 6.45) is 2.57. The second kappa shape index (κ2) is 7.75. The Kier molecular flexibility index (Phi) is 5.31. The van der Waals surface area contributed by atoms with Crippen LogP contribution in [0.25, 0.3) is 16.7 Å². The van der Waals surface area contributed by atoms with E-state index < -0.39 is 5.41 Å². The van der Waals surface area contributed by atoms with Gasteiger partial charge in [0.05, 0.1) is 11.0 Å². The number of allylic oxidation sites excluding steroid dienone is 5. The van der Waals surface area contributed by atoms with Gasteiger partial charge < -0.3 is 0 Å². The standard InChI is InChI=1S/C34H38O2/c1-19-10-13-25(14-11-19)26-15-12-20(2)28-22(4)30-23(5)34(9)31(36)29(24(6)35)21(3)16-33(34,8)18-32(30,7)17-27(26)28/h10-15H,4,16-18H2,1-3,5-9H3/t32-,33+,34+/m1/s1. The van der Waals surface area contributed by atoms with E-state index in [0.29, 0.717) is 5.57 Å². The first-order chi connectivity index (χ1) is 16.7. The molecule has 36 heavy (non-hydrogen) atoms. The van der Waals surface area contributed by atoms with Gasteiger partial charge in [0.25, 0.3) is 0 Å². The summed E-state index contributed by atoms with van der Waals surface area (Å²) >= 11 is 0. The van der Waals surface area contributed by atoms with Gasteiger partial charge in [-0.05, 0) is 111 Å². The first-order valence-corrected chi connectivity index (χ1v) is 13.1. The molecule has 0 spiro atoms. The predicted octanol–water partition coefficient (Wildman–Crippen LogP) is 8.16. The Morgan fingerprint density at radius 3 is 2.17 bits per heavy atom. The molecule has 2 heteroatoms. The van der Waals surface area contributed by atoms with Gasteiger partial charge in [-0.2, -0.15) is 0 Å². The van der Waals surface area contributed by atoms with E-state index in [0.717, 1.165) is 36.0 Å². The van der Waals surface area contributed by atoms with E-state index in [1.165, 1.54) is 45.9 Å². The van der Waals surface area contributed by atoms with Crippen LogP contribution in [-0.2, 0) is 16.0 Å². The van der Waals surface area contributed by atoms with Crippen LogP contribution in [0.4, 0.5) is 0 Å². The highest BCUT2D eigenvalue weighted by molar-refractivity contribution is 6.23. The van der Waals surface area contributed by atoms with Crippen molar-refractivity contribution < 1.29 is 9.59 Å². The van der Waals surface area contributed by atoms with E-state index in [2.05, 4.69) is 84.5 Å². The van der Waals surface area contributed by atoms with Crippen LogP contribution in [0, 0.1) is 30.1 Å². The Bertz CT molecular complexity index is 1430. The fraction of sp³-hybridized carbons (Fsp3) is 0.412. The normalized spacial score (nSPS) is 29.7. The molecule has 0 heterocycles. The predicted molar refractivity (Wildman–Crippen MR) is 149 cm³/mol. The summed E-state index contributed by atoms with van der Waals surface area (Å²) in [4.78, 5) is 26.6. The second-order valence-electron chi connectivity index (χ2n) is 12.4. The van der Waals surface area contributed by atoms with Crippen LogP contribution in [-0.4, -0.2) is 11.6 Å². The molecule has 2 aromatic rings. The van der Waals surface area contributed by atoms with Crippen molar-refractivity contribution in [3.05, 3.63) is 87.5 Å². The lowest BCUT2D eigenvalue weighted by atomic mass is 9.42. The molecule has 3 atom stereocenters. The smallest absolute Gasteiger partial charge is 0.176 e. The number of Topliss-reactive ketones (excluding diaryl/α,β-unsaturated/α-hetero) is 2. The molecule has 2 aromatic carbocycles. The maximum absolute atomic E-state index is 14.1. The summed E-state index contributed by atoms with van der Waals surface area (Å²) < 4.78 is 0. The van der Waals surface area contributed by atoms with Crippen LogP contribution in [0.2, 0.25) is 0 Å².